The SMILES string of the molecule is CCCCCCCCCCCCCC(CCCCCCCCCCCCC)NCCOCCOCCNC(CCCCCCCCCCCCC)CCCCCCCCCCCCC. The zero-order valence-electron chi connectivity index (χ0n) is 45.2. The molecule has 0 aliphatic carbocycles. The highest BCUT2D eigenvalue weighted by Crippen LogP contribution is 2.19. The second kappa shape index (κ2) is 59.0. The molecule has 0 aromatic carbocycles. The molecular weight excluding hydrogens is 781 g/mol. The van der Waals surface area contributed by atoms with Crippen molar-refractivity contribution >= 4 is 0 Å². The normalized spacial score (nSPS) is 11.9. The average molecular weight is 906 g/mol. The summed E-state index contributed by atoms with van der Waals surface area (Å²) in [5, 5.41) is 7.84. The lowest BCUT2D eigenvalue weighted by Gasteiger charge is -2.19. The van der Waals surface area contributed by atoms with E-state index in [9.17, 15) is 0 Å². The highest BCUT2D eigenvalue weighted by molar-refractivity contribution is 4.69. The molecule has 0 aromatic rings. The summed E-state index contributed by atoms with van der Waals surface area (Å²) < 4.78 is 12.1. The van der Waals surface area contributed by atoms with E-state index in [-0.39, 0.29) is 0 Å². The molecule has 0 spiro atoms. The van der Waals surface area contributed by atoms with E-state index in [2.05, 4.69) is 38.3 Å². The predicted octanol–water partition coefficient (Wildman–Crippen LogP) is 19.7. The summed E-state index contributed by atoms with van der Waals surface area (Å²) in [7, 11) is 0. The lowest BCUT2D eigenvalue weighted by atomic mass is 9.99. The molecule has 4 nitrogen and oxygen atoms in total. The Kier molecular flexibility index (Phi) is 58.8. The van der Waals surface area contributed by atoms with Gasteiger partial charge >= 0.3 is 0 Å². The van der Waals surface area contributed by atoms with Gasteiger partial charge in [-0.1, -0.05) is 310 Å². The number of unbranched alkanes of at least 4 members (excludes halogenated alkanes) is 40. The van der Waals surface area contributed by atoms with Crippen molar-refractivity contribution in [2.24, 2.45) is 0 Å². The number of ether oxygens (including phenoxy) is 2. The molecule has 0 saturated heterocycles. The molecule has 0 atom stereocenters. The zero-order valence-corrected chi connectivity index (χ0v) is 45.2. The van der Waals surface area contributed by atoms with Crippen LogP contribution in [0, 0.1) is 0 Å². The summed E-state index contributed by atoms with van der Waals surface area (Å²) in [6, 6.07) is 1.32. The van der Waals surface area contributed by atoms with Crippen molar-refractivity contribution in [3.05, 3.63) is 0 Å². The van der Waals surface area contributed by atoms with Gasteiger partial charge in [0, 0.05) is 25.2 Å². The Labute approximate surface area is 406 Å². The van der Waals surface area contributed by atoms with E-state index in [1.165, 1.54) is 308 Å². The van der Waals surface area contributed by atoms with E-state index < -0.39 is 0 Å². The van der Waals surface area contributed by atoms with Crippen molar-refractivity contribution in [3.63, 3.8) is 0 Å². The van der Waals surface area contributed by atoms with E-state index in [4.69, 9.17) is 9.47 Å². The van der Waals surface area contributed by atoms with Crippen molar-refractivity contribution in [1.82, 2.24) is 10.6 Å². The molecule has 0 radical (unpaired) electrons. The summed E-state index contributed by atoms with van der Waals surface area (Å²) >= 11 is 0. The highest BCUT2D eigenvalue weighted by Gasteiger charge is 2.10. The maximum absolute atomic E-state index is 6.07. The molecule has 0 bridgehead atoms. The maximum Gasteiger partial charge on any atom is 0.0701 e. The van der Waals surface area contributed by atoms with Gasteiger partial charge in [0.05, 0.1) is 26.4 Å². The van der Waals surface area contributed by atoms with Gasteiger partial charge in [-0.2, -0.15) is 0 Å². The van der Waals surface area contributed by atoms with Gasteiger partial charge in [0.15, 0.2) is 0 Å². The van der Waals surface area contributed by atoms with E-state index in [0.717, 1.165) is 26.3 Å². The molecule has 0 aromatic heterocycles. The fourth-order valence-electron chi connectivity index (χ4n) is 9.91. The van der Waals surface area contributed by atoms with Crippen LogP contribution in [0.15, 0.2) is 0 Å². The highest BCUT2D eigenvalue weighted by atomic mass is 16.5. The first-order valence-corrected chi connectivity index (χ1v) is 30.4. The topological polar surface area (TPSA) is 42.5 Å². The minimum absolute atomic E-state index is 0.659. The minimum atomic E-state index is 0.659. The third-order valence-corrected chi connectivity index (χ3v) is 14.4. The van der Waals surface area contributed by atoms with Crippen LogP contribution in [0.1, 0.15) is 336 Å². The Bertz CT molecular complexity index is 678. The first-order chi connectivity index (χ1) is 31.8. The van der Waals surface area contributed by atoms with Crippen LogP contribution in [0.5, 0.6) is 0 Å². The second-order valence-corrected chi connectivity index (χ2v) is 20.8. The van der Waals surface area contributed by atoms with E-state index in [1.54, 1.807) is 0 Å². The van der Waals surface area contributed by atoms with Crippen LogP contribution in [0.2, 0.25) is 0 Å². The summed E-state index contributed by atoms with van der Waals surface area (Å²) in [5.74, 6) is 0. The Balaban J connectivity index is 4.34. The fourth-order valence-corrected chi connectivity index (χ4v) is 9.91. The molecule has 0 heterocycles. The fraction of sp³-hybridized carbons (Fsp3) is 1.00. The molecule has 0 rings (SSSR count). The van der Waals surface area contributed by atoms with Crippen molar-refractivity contribution < 1.29 is 9.47 Å². The first kappa shape index (κ1) is 63.8. The van der Waals surface area contributed by atoms with Crippen molar-refractivity contribution in [3.8, 4) is 0 Å². The van der Waals surface area contributed by atoms with E-state index >= 15 is 0 Å². The lowest BCUT2D eigenvalue weighted by molar-refractivity contribution is 0.0483. The van der Waals surface area contributed by atoms with E-state index in [1.807, 2.05) is 0 Å². The maximum atomic E-state index is 6.07. The zero-order chi connectivity index (χ0) is 46.2. The van der Waals surface area contributed by atoms with Crippen LogP contribution in [-0.2, 0) is 9.47 Å². The number of hydrogen-bond acceptors (Lipinski definition) is 4. The summed E-state index contributed by atoms with van der Waals surface area (Å²) in [4.78, 5) is 0. The number of nitrogens with one attached hydrogen (secondary N) is 2. The molecule has 0 aliphatic rings. The van der Waals surface area contributed by atoms with Gasteiger partial charge in [0.25, 0.3) is 0 Å². The number of rotatable bonds is 59. The minimum Gasteiger partial charge on any atom is -0.378 e. The van der Waals surface area contributed by atoms with E-state index in [0.29, 0.717) is 25.3 Å². The van der Waals surface area contributed by atoms with Crippen LogP contribution >= 0.6 is 0 Å². The summed E-state index contributed by atoms with van der Waals surface area (Å²) in [5.41, 5.74) is 0. The molecular formula is C60H124N2O2. The molecule has 2 N–H and O–H groups in total. The Morgan fingerprint density at radius 1 is 0.219 bits per heavy atom. The van der Waals surface area contributed by atoms with Crippen molar-refractivity contribution in [1.29, 1.82) is 0 Å². The van der Waals surface area contributed by atoms with Gasteiger partial charge in [-0.25, -0.2) is 0 Å². The van der Waals surface area contributed by atoms with Crippen LogP contribution in [0.3, 0.4) is 0 Å². The third kappa shape index (κ3) is 54.4. The number of hydrogen-bond donors (Lipinski definition) is 2. The Morgan fingerprint density at radius 2 is 0.391 bits per heavy atom. The molecule has 0 amide bonds. The molecule has 0 unspecified atom stereocenters. The molecule has 386 valence electrons. The second-order valence-electron chi connectivity index (χ2n) is 20.8. The van der Waals surface area contributed by atoms with Crippen molar-refractivity contribution in [2.45, 2.75) is 348 Å². The van der Waals surface area contributed by atoms with Crippen LogP contribution in [0.4, 0.5) is 0 Å². The molecule has 0 fully saturated rings. The van der Waals surface area contributed by atoms with Crippen LogP contribution < -0.4 is 10.6 Å². The quantitative estimate of drug-likeness (QED) is 0.0597. The van der Waals surface area contributed by atoms with Gasteiger partial charge in [-0.3, -0.25) is 0 Å². The van der Waals surface area contributed by atoms with Gasteiger partial charge in [0.1, 0.15) is 0 Å². The summed E-state index contributed by atoms with van der Waals surface area (Å²) in [6.45, 7) is 14.2. The smallest absolute Gasteiger partial charge is 0.0701 e. The predicted molar refractivity (Wildman–Crippen MR) is 290 cm³/mol. The molecule has 0 aliphatic heterocycles. The van der Waals surface area contributed by atoms with Crippen molar-refractivity contribution in [2.75, 3.05) is 39.5 Å². The Morgan fingerprint density at radius 3 is 0.578 bits per heavy atom. The standard InChI is InChI=1S/C60H124N2O2/c1-5-9-13-17-21-25-29-33-37-41-45-49-59(50-46-42-38-34-30-26-22-18-14-10-6-2)61-53-55-63-57-58-64-56-54-62-60(51-47-43-39-35-31-27-23-19-15-11-7-3)52-48-44-40-36-32-28-24-20-16-12-8-4/h59-62H,5-58H2,1-4H3. The van der Waals surface area contributed by atoms with Gasteiger partial charge < -0.3 is 20.1 Å². The monoisotopic (exact) mass is 905 g/mol. The molecule has 64 heavy (non-hydrogen) atoms. The van der Waals surface area contributed by atoms with Crippen LogP contribution in [0.25, 0.3) is 0 Å². The first-order valence-electron chi connectivity index (χ1n) is 30.4. The molecule has 4 heteroatoms. The van der Waals surface area contributed by atoms with Gasteiger partial charge in [-0.05, 0) is 25.7 Å². The largest absolute Gasteiger partial charge is 0.378 e. The Hall–Kier alpha value is -0.160. The van der Waals surface area contributed by atoms with Gasteiger partial charge in [-0.15, -0.1) is 0 Å². The molecule has 0 saturated carbocycles. The van der Waals surface area contributed by atoms with Crippen LogP contribution in [-0.4, -0.2) is 51.6 Å². The lowest BCUT2D eigenvalue weighted by Crippen LogP contribution is -2.33. The summed E-state index contributed by atoms with van der Waals surface area (Å²) in [6.07, 6.45) is 68.1. The average Bonchev–Trinajstić information content (AvgIpc) is 3.30. The third-order valence-electron chi connectivity index (χ3n) is 14.4. The van der Waals surface area contributed by atoms with Gasteiger partial charge in [0.2, 0.25) is 0 Å².